The van der Waals surface area contributed by atoms with Gasteiger partial charge in [-0.25, -0.2) is 0 Å². The van der Waals surface area contributed by atoms with Gasteiger partial charge in [0, 0.05) is 18.1 Å². The molecular formula is C11H15N3OS. The van der Waals surface area contributed by atoms with Gasteiger partial charge in [-0.2, -0.15) is 5.10 Å². The fourth-order valence-corrected chi connectivity index (χ4v) is 2.21. The number of aryl methyl sites for hydroxylation is 1. The van der Waals surface area contributed by atoms with E-state index in [2.05, 4.69) is 10.4 Å². The van der Waals surface area contributed by atoms with E-state index in [-0.39, 0.29) is 0 Å². The molecule has 5 heteroatoms. The summed E-state index contributed by atoms with van der Waals surface area (Å²) in [7, 11) is 3.83. The van der Waals surface area contributed by atoms with Crippen LogP contribution in [-0.2, 0) is 19.3 Å². The van der Waals surface area contributed by atoms with Crippen molar-refractivity contribution in [1.29, 1.82) is 0 Å². The van der Waals surface area contributed by atoms with E-state index in [1.807, 2.05) is 38.6 Å². The molecule has 0 aromatic carbocycles. The van der Waals surface area contributed by atoms with Gasteiger partial charge in [-0.15, -0.1) is 11.8 Å². The molecule has 2 rings (SSSR count). The Morgan fingerprint density at radius 1 is 1.44 bits per heavy atom. The van der Waals surface area contributed by atoms with Crippen molar-refractivity contribution in [2.24, 2.45) is 7.05 Å². The minimum atomic E-state index is 0.775. The number of thioether (sulfide) groups is 1. The summed E-state index contributed by atoms with van der Waals surface area (Å²) in [6.07, 6.45) is 3.87. The molecule has 2 aromatic heterocycles. The highest BCUT2D eigenvalue weighted by atomic mass is 32.2. The van der Waals surface area contributed by atoms with E-state index in [0.717, 1.165) is 28.7 Å². The largest absolute Gasteiger partial charge is 0.464 e. The lowest BCUT2D eigenvalue weighted by molar-refractivity contribution is 0.469. The SMILES string of the molecule is CNCc1ccc(CSc2cnn(C)c2)o1. The van der Waals surface area contributed by atoms with Crippen LogP contribution < -0.4 is 5.32 Å². The van der Waals surface area contributed by atoms with Crippen molar-refractivity contribution in [3.05, 3.63) is 36.0 Å². The second-order valence-corrected chi connectivity index (χ2v) is 4.59. The summed E-state index contributed by atoms with van der Waals surface area (Å²) in [6, 6.07) is 4.03. The Hall–Kier alpha value is -1.20. The Bertz CT molecular complexity index is 450. The van der Waals surface area contributed by atoms with E-state index >= 15 is 0 Å². The highest BCUT2D eigenvalue weighted by Gasteiger charge is 2.03. The van der Waals surface area contributed by atoms with Crippen LogP contribution in [0.4, 0.5) is 0 Å². The highest BCUT2D eigenvalue weighted by Crippen LogP contribution is 2.22. The third-order valence-electron chi connectivity index (χ3n) is 2.13. The van der Waals surface area contributed by atoms with Crippen LogP contribution >= 0.6 is 11.8 Å². The van der Waals surface area contributed by atoms with Crippen molar-refractivity contribution in [2.45, 2.75) is 17.2 Å². The second kappa shape index (κ2) is 5.23. The number of nitrogens with zero attached hydrogens (tertiary/aromatic N) is 2. The van der Waals surface area contributed by atoms with Gasteiger partial charge in [0.15, 0.2) is 0 Å². The molecule has 0 atom stereocenters. The van der Waals surface area contributed by atoms with E-state index < -0.39 is 0 Å². The van der Waals surface area contributed by atoms with E-state index in [1.54, 1.807) is 16.4 Å². The van der Waals surface area contributed by atoms with E-state index in [9.17, 15) is 0 Å². The number of aromatic nitrogens is 2. The second-order valence-electron chi connectivity index (χ2n) is 3.54. The van der Waals surface area contributed by atoms with E-state index in [4.69, 9.17) is 4.42 Å². The molecule has 0 radical (unpaired) electrons. The normalized spacial score (nSPS) is 10.9. The van der Waals surface area contributed by atoms with Gasteiger partial charge in [0.2, 0.25) is 0 Å². The van der Waals surface area contributed by atoms with Crippen molar-refractivity contribution in [3.8, 4) is 0 Å². The predicted octanol–water partition coefficient (Wildman–Crippen LogP) is 2.02. The number of rotatable bonds is 5. The molecule has 86 valence electrons. The van der Waals surface area contributed by atoms with Crippen LogP contribution in [-0.4, -0.2) is 16.8 Å². The molecule has 0 aliphatic carbocycles. The molecule has 0 amide bonds. The van der Waals surface area contributed by atoms with Crippen molar-refractivity contribution < 1.29 is 4.42 Å². The zero-order chi connectivity index (χ0) is 11.4. The summed E-state index contributed by atoms with van der Waals surface area (Å²) in [5.74, 6) is 2.82. The summed E-state index contributed by atoms with van der Waals surface area (Å²) in [6.45, 7) is 0.775. The number of hydrogen-bond acceptors (Lipinski definition) is 4. The van der Waals surface area contributed by atoms with Crippen LogP contribution in [0.1, 0.15) is 11.5 Å². The van der Waals surface area contributed by atoms with E-state index in [0.29, 0.717) is 0 Å². The molecule has 0 saturated heterocycles. The lowest BCUT2D eigenvalue weighted by Crippen LogP contribution is -2.03. The Morgan fingerprint density at radius 3 is 2.94 bits per heavy atom. The number of furan rings is 1. The first-order valence-electron chi connectivity index (χ1n) is 5.11. The van der Waals surface area contributed by atoms with Crippen molar-refractivity contribution in [3.63, 3.8) is 0 Å². The standard InChI is InChI=1S/C11H15N3OS/c1-12-5-9-3-4-10(15-9)8-16-11-6-13-14(2)7-11/h3-4,6-7,12H,5,8H2,1-2H3. The van der Waals surface area contributed by atoms with Gasteiger partial charge >= 0.3 is 0 Å². The Labute approximate surface area is 99.0 Å². The Kier molecular flexibility index (Phi) is 3.69. The fourth-order valence-electron chi connectivity index (χ4n) is 1.40. The number of hydrogen-bond donors (Lipinski definition) is 1. The molecule has 0 spiro atoms. The maximum atomic E-state index is 5.64. The average Bonchev–Trinajstić information content (AvgIpc) is 2.85. The number of nitrogens with one attached hydrogen (secondary N) is 1. The van der Waals surface area contributed by atoms with Crippen LogP contribution in [0.15, 0.2) is 33.8 Å². The zero-order valence-corrected chi connectivity index (χ0v) is 10.3. The minimum absolute atomic E-state index is 0.775. The molecule has 0 fully saturated rings. The summed E-state index contributed by atoms with van der Waals surface area (Å²) in [5.41, 5.74) is 0. The zero-order valence-electron chi connectivity index (χ0n) is 9.43. The van der Waals surface area contributed by atoms with Gasteiger partial charge in [0.1, 0.15) is 11.5 Å². The maximum absolute atomic E-state index is 5.64. The monoisotopic (exact) mass is 237 g/mol. The maximum Gasteiger partial charge on any atom is 0.117 e. The quantitative estimate of drug-likeness (QED) is 0.808. The Balaban J connectivity index is 1.89. The van der Waals surface area contributed by atoms with Gasteiger partial charge < -0.3 is 9.73 Å². The first-order valence-corrected chi connectivity index (χ1v) is 6.10. The van der Waals surface area contributed by atoms with E-state index in [1.165, 1.54) is 0 Å². The first-order chi connectivity index (χ1) is 7.78. The van der Waals surface area contributed by atoms with Gasteiger partial charge in [0.05, 0.1) is 18.5 Å². The minimum Gasteiger partial charge on any atom is -0.464 e. The summed E-state index contributed by atoms with van der Waals surface area (Å²) in [4.78, 5) is 1.16. The topological polar surface area (TPSA) is 43.0 Å². The first kappa shape index (κ1) is 11.3. The van der Waals surface area contributed by atoms with Crippen LogP contribution in [0.3, 0.4) is 0 Å². The third-order valence-corrected chi connectivity index (χ3v) is 3.10. The fraction of sp³-hybridized carbons (Fsp3) is 0.364. The molecule has 1 N–H and O–H groups in total. The molecule has 0 aliphatic heterocycles. The molecule has 4 nitrogen and oxygen atoms in total. The molecule has 2 aromatic rings. The molecule has 0 unspecified atom stereocenters. The molecule has 2 heterocycles. The summed E-state index contributed by atoms with van der Waals surface area (Å²) < 4.78 is 7.44. The molecular weight excluding hydrogens is 222 g/mol. The van der Waals surface area contributed by atoms with Crippen molar-refractivity contribution in [2.75, 3.05) is 7.05 Å². The van der Waals surface area contributed by atoms with Gasteiger partial charge in [-0.05, 0) is 19.2 Å². The lowest BCUT2D eigenvalue weighted by Gasteiger charge is -1.96. The molecule has 16 heavy (non-hydrogen) atoms. The molecule has 0 aliphatic rings. The molecule has 0 bridgehead atoms. The van der Waals surface area contributed by atoms with Gasteiger partial charge in [0.25, 0.3) is 0 Å². The third kappa shape index (κ3) is 2.90. The highest BCUT2D eigenvalue weighted by molar-refractivity contribution is 7.98. The van der Waals surface area contributed by atoms with Crippen molar-refractivity contribution in [1.82, 2.24) is 15.1 Å². The van der Waals surface area contributed by atoms with Gasteiger partial charge in [-0.1, -0.05) is 0 Å². The smallest absolute Gasteiger partial charge is 0.117 e. The summed E-state index contributed by atoms with van der Waals surface area (Å²) >= 11 is 1.73. The Morgan fingerprint density at radius 2 is 2.25 bits per heavy atom. The molecule has 0 saturated carbocycles. The van der Waals surface area contributed by atoms with Crippen LogP contribution in [0.2, 0.25) is 0 Å². The average molecular weight is 237 g/mol. The lowest BCUT2D eigenvalue weighted by atomic mass is 10.4. The van der Waals surface area contributed by atoms with Crippen LogP contribution in [0.25, 0.3) is 0 Å². The van der Waals surface area contributed by atoms with Crippen LogP contribution in [0, 0.1) is 0 Å². The summed E-state index contributed by atoms with van der Waals surface area (Å²) in [5, 5.41) is 7.18. The van der Waals surface area contributed by atoms with Crippen molar-refractivity contribution >= 4 is 11.8 Å². The van der Waals surface area contributed by atoms with Crippen LogP contribution in [0.5, 0.6) is 0 Å². The van der Waals surface area contributed by atoms with Gasteiger partial charge in [-0.3, -0.25) is 4.68 Å². The predicted molar refractivity (Wildman–Crippen MR) is 64.2 cm³/mol.